The molecule has 0 unspecified atom stereocenters. The number of aromatic nitrogens is 1. The fourth-order valence-corrected chi connectivity index (χ4v) is 3.39. The fraction of sp³-hybridized carbons (Fsp3) is 0.435. The highest BCUT2D eigenvalue weighted by Gasteiger charge is 2.34. The average Bonchev–Trinajstić information content (AvgIpc) is 3.47. The topological polar surface area (TPSA) is 81.4 Å². The van der Waals surface area contributed by atoms with Gasteiger partial charge in [0, 0.05) is 37.2 Å². The van der Waals surface area contributed by atoms with Gasteiger partial charge in [-0.2, -0.15) is 5.26 Å². The SMILES string of the molecule is CC(C)CN(CC(=O)N(Cc1cccn1C)C1CC1)C(=O)Nc1ccc(C#N)cc1. The number of urea groups is 1. The van der Waals surface area contributed by atoms with Crippen LogP contribution < -0.4 is 5.32 Å². The Morgan fingerprint density at radius 1 is 1.23 bits per heavy atom. The van der Waals surface area contributed by atoms with Crippen molar-refractivity contribution < 1.29 is 9.59 Å². The summed E-state index contributed by atoms with van der Waals surface area (Å²) in [4.78, 5) is 29.5. The summed E-state index contributed by atoms with van der Waals surface area (Å²) in [5, 5.41) is 11.8. The fourth-order valence-electron chi connectivity index (χ4n) is 3.39. The summed E-state index contributed by atoms with van der Waals surface area (Å²) < 4.78 is 2.02. The molecule has 1 aliphatic carbocycles. The molecule has 1 aromatic carbocycles. The summed E-state index contributed by atoms with van der Waals surface area (Å²) >= 11 is 0. The van der Waals surface area contributed by atoms with E-state index in [4.69, 9.17) is 5.26 Å². The van der Waals surface area contributed by atoms with E-state index in [-0.39, 0.29) is 30.4 Å². The number of aryl methyl sites for hydroxylation is 1. The quantitative estimate of drug-likeness (QED) is 0.726. The maximum Gasteiger partial charge on any atom is 0.322 e. The Balaban J connectivity index is 1.68. The highest BCUT2D eigenvalue weighted by Crippen LogP contribution is 2.28. The highest BCUT2D eigenvalue weighted by atomic mass is 16.2. The van der Waals surface area contributed by atoms with Crippen LogP contribution in [0.5, 0.6) is 0 Å². The minimum absolute atomic E-state index is 0.0330. The molecule has 158 valence electrons. The Morgan fingerprint density at radius 2 is 1.93 bits per heavy atom. The first kappa shape index (κ1) is 21.4. The van der Waals surface area contributed by atoms with Crippen molar-refractivity contribution in [2.45, 2.75) is 39.3 Å². The summed E-state index contributed by atoms with van der Waals surface area (Å²) in [6, 6.07) is 12.7. The van der Waals surface area contributed by atoms with Gasteiger partial charge in [-0.1, -0.05) is 13.8 Å². The first-order valence-corrected chi connectivity index (χ1v) is 10.3. The molecule has 7 heteroatoms. The zero-order valence-corrected chi connectivity index (χ0v) is 17.8. The Bertz CT molecular complexity index is 922. The Kier molecular flexibility index (Phi) is 6.78. The Labute approximate surface area is 177 Å². The number of nitriles is 1. The van der Waals surface area contributed by atoms with Gasteiger partial charge in [0.1, 0.15) is 6.54 Å². The minimum atomic E-state index is -0.309. The number of nitrogens with one attached hydrogen (secondary N) is 1. The maximum atomic E-state index is 13.2. The summed E-state index contributed by atoms with van der Waals surface area (Å²) in [7, 11) is 1.97. The zero-order valence-electron chi connectivity index (χ0n) is 17.8. The first-order chi connectivity index (χ1) is 14.4. The zero-order chi connectivity index (χ0) is 21.7. The molecule has 30 heavy (non-hydrogen) atoms. The van der Waals surface area contributed by atoms with Crippen molar-refractivity contribution >= 4 is 17.6 Å². The van der Waals surface area contributed by atoms with E-state index in [0.29, 0.717) is 24.3 Å². The molecule has 0 bridgehead atoms. The molecule has 2 aromatic rings. The van der Waals surface area contributed by atoms with E-state index >= 15 is 0 Å². The van der Waals surface area contributed by atoms with Crippen LogP contribution in [-0.2, 0) is 18.4 Å². The van der Waals surface area contributed by atoms with E-state index in [1.807, 2.05) is 48.7 Å². The average molecular weight is 408 g/mol. The lowest BCUT2D eigenvalue weighted by Crippen LogP contribution is -2.46. The molecule has 0 atom stereocenters. The van der Waals surface area contributed by atoms with Gasteiger partial charge in [0.25, 0.3) is 0 Å². The van der Waals surface area contributed by atoms with E-state index in [1.54, 1.807) is 29.2 Å². The largest absolute Gasteiger partial charge is 0.353 e. The van der Waals surface area contributed by atoms with Crippen molar-refractivity contribution in [2.75, 3.05) is 18.4 Å². The molecular weight excluding hydrogens is 378 g/mol. The molecule has 0 saturated heterocycles. The number of anilines is 1. The van der Waals surface area contributed by atoms with E-state index in [2.05, 4.69) is 11.4 Å². The van der Waals surface area contributed by atoms with Crippen molar-refractivity contribution in [1.29, 1.82) is 5.26 Å². The standard InChI is InChI=1S/C23H29N5O2/c1-17(2)14-27(23(30)25-19-8-6-18(13-24)7-9-19)16-22(29)28(20-10-11-20)15-21-5-4-12-26(21)3/h4-9,12,17,20H,10-11,14-16H2,1-3H3,(H,25,30). The van der Waals surface area contributed by atoms with Gasteiger partial charge in [0.2, 0.25) is 5.91 Å². The lowest BCUT2D eigenvalue weighted by atomic mass is 10.2. The van der Waals surface area contributed by atoms with Crippen LogP contribution in [0.2, 0.25) is 0 Å². The van der Waals surface area contributed by atoms with Crippen LogP contribution in [0.25, 0.3) is 0 Å². The van der Waals surface area contributed by atoms with Gasteiger partial charge < -0.3 is 19.7 Å². The van der Waals surface area contributed by atoms with E-state index in [9.17, 15) is 9.59 Å². The van der Waals surface area contributed by atoms with Crippen LogP contribution in [-0.4, -0.2) is 45.4 Å². The van der Waals surface area contributed by atoms with Crippen molar-refractivity contribution in [3.05, 3.63) is 53.9 Å². The van der Waals surface area contributed by atoms with Crippen LogP contribution in [0.15, 0.2) is 42.6 Å². The van der Waals surface area contributed by atoms with Crippen LogP contribution in [0.1, 0.15) is 37.9 Å². The second kappa shape index (κ2) is 9.49. The molecular formula is C23H29N5O2. The summed E-state index contributed by atoms with van der Waals surface area (Å²) in [6.07, 6.45) is 4.00. The molecule has 1 heterocycles. The minimum Gasteiger partial charge on any atom is -0.353 e. The van der Waals surface area contributed by atoms with Crippen LogP contribution >= 0.6 is 0 Å². The van der Waals surface area contributed by atoms with Gasteiger partial charge in [0.05, 0.1) is 18.2 Å². The molecule has 3 amide bonds. The lowest BCUT2D eigenvalue weighted by molar-refractivity contribution is -0.133. The predicted molar refractivity (Wildman–Crippen MR) is 116 cm³/mol. The van der Waals surface area contributed by atoms with Crippen molar-refractivity contribution in [2.24, 2.45) is 13.0 Å². The van der Waals surface area contributed by atoms with E-state index < -0.39 is 0 Å². The maximum absolute atomic E-state index is 13.2. The van der Waals surface area contributed by atoms with Crippen molar-refractivity contribution in [3.63, 3.8) is 0 Å². The first-order valence-electron chi connectivity index (χ1n) is 10.3. The third-order valence-electron chi connectivity index (χ3n) is 5.16. The van der Waals surface area contributed by atoms with Gasteiger partial charge in [-0.15, -0.1) is 0 Å². The number of rotatable bonds is 8. The molecule has 7 nitrogen and oxygen atoms in total. The van der Waals surface area contributed by atoms with E-state index in [0.717, 1.165) is 18.5 Å². The van der Waals surface area contributed by atoms with Gasteiger partial charge in [-0.05, 0) is 55.2 Å². The molecule has 1 aromatic heterocycles. The Morgan fingerprint density at radius 3 is 2.47 bits per heavy atom. The smallest absolute Gasteiger partial charge is 0.322 e. The molecule has 0 spiro atoms. The van der Waals surface area contributed by atoms with Crippen LogP contribution in [0, 0.1) is 17.2 Å². The second-order valence-electron chi connectivity index (χ2n) is 8.26. The number of carbonyl (C=O) groups excluding carboxylic acids is 2. The van der Waals surface area contributed by atoms with Gasteiger partial charge >= 0.3 is 6.03 Å². The number of hydrogen-bond acceptors (Lipinski definition) is 3. The van der Waals surface area contributed by atoms with Crippen molar-refractivity contribution in [3.8, 4) is 6.07 Å². The highest BCUT2D eigenvalue weighted by molar-refractivity contribution is 5.92. The summed E-state index contributed by atoms with van der Waals surface area (Å²) in [5.41, 5.74) is 2.21. The number of carbonyl (C=O) groups is 2. The van der Waals surface area contributed by atoms with Crippen molar-refractivity contribution in [1.82, 2.24) is 14.4 Å². The normalized spacial score (nSPS) is 13.0. The van der Waals surface area contributed by atoms with Crippen LogP contribution in [0.3, 0.4) is 0 Å². The van der Waals surface area contributed by atoms with Crippen LogP contribution in [0.4, 0.5) is 10.5 Å². The lowest BCUT2D eigenvalue weighted by Gasteiger charge is -2.29. The summed E-state index contributed by atoms with van der Waals surface area (Å²) in [5.74, 6) is 0.195. The van der Waals surface area contributed by atoms with Gasteiger partial charge in [-0.3, -0.25) is 4.79 Å². The number of hydrogen-bond donors (Lipinski definition) is 1. The Hall–Kier alpha value is -3.27. The third kappa shape index (κ3) is 5.63. The van der Waals surface area contributed by atoms with Gasteiger partial charge in [-0.25, -0.2) is 4.79 Å². The number of benzene rings is 1. The molecule has 0 aliphatic heterocycles. The third-order valence-corrected chi connectivity index (χ3v) is 5.16. The number of nitrogens with zero attached hydrogens (tertiary/aromatic N) is 4. The molecule has 3 rings (SSSR count). The molecule has 1 N–H and O–H groups in total. The molecule has 1 aliphatic rings. The van der Waals surface area contributed by atoms with Gasteiger partial charge in [0.15, 0.2) is 0 Å². The van der Waals surface area contributed by atoms with E-state index in [1.165, 1.54) is 0 Å². The second-order valence-corrected chi connectivity index (χ2v) is 8.26. The molecule has 0 radical (unpaired) electrons. The predicted octanol–water partition coefficient (Wildman–Crippen LogP) is 3.58. The molecule has 1 saturated carbocycles. The monoisotopic (exact) mass is 407 g/mol. The number of amides is 3. The molecule has 1 fully saturated rings. The summed E-state index contributed by atoms with van der Waals surface area (Å²) in [6.45, 7) is 5.13.